The molecule has 3 heterocycles. The number of rotatable bonds is 2. The molecule has 0 spiro atoms. The lowest BCUT2D eigenvalue weighted by Gasteiger charge is -2.43. The fourth-order valence-electron chi connectivity index (χ4n) is 4.38. The Bertz CT molecular complexity index is 1020. The lowest BCUT2D eigenvalue weighted by molar-refractivity contribution is -0.113. The number of hydrogen-bond donors (Lipinski definition) is 3. The summed E-state index contributed by atoms with van der Waals surface area (Å²) < 4.78 is 17.8. The summed E-state index contributed by atoms with van der Waals surface area (Å²) in [5, 5.41) is 33.3. The second-order valence-electron chi connectivity index (χ2n) is 8.75. The van der Waals surface area contributed by atoms with Crippen molar-refractivity contribution < 1.29 is 29.2 Å². The van der Waals surface area contributed by atoms with Crippen LogP contribution in [0.2, 0.25) is 0 Å². The highest BCUT2D eigenvalue weighted by Gasteiger charge is 2.48. The molecule has 1 aromatic carbocycles. The molecule has 0 saturated heterocycles. The maximum absolute atomic E-state index is 12.3. The van der Waals surface area contributed by atoms with Crippen LogP contribution in [0.4, 0.5) is 0 Å². The summed E-state index contributed by atoms with van der Waals surface area (Å²) in [6.07, 6.45) is -2.40. The Morgan fingerprint density at radius 2 is 1.76 bits per heavy atom. The van der Waals surface area contributed by atoms with Gasteiger partial charge in [0.2, 0.25) is 0 Å². The van der Waals surface area contributed by atoms with Crippen molar-refractivity contribution in [3.05, 3.63) is 33.2 Å². The Balaban J connectivity index is 2.19. The lowest BCUT2D eigenvalue weighted by Crippen LogP contribution is -2.49. The summed E-state index contributed by atoms with van der Waals surface area (Å²) in [6.45, 7) is 9.05. The molecule has 29 heavy (non-hydrogen) atoms. The van der Waals surface area contributed by atoms with Gasteiger partial charge >= 0.3 is 5.63 Å². The molecule has 0 bridgehead atoms. The van der Waals surface area contributed by atoms with Crippen molar-refractivity contribution in [2.24, 2.45) is 5.92 Å². The molecule has 158 valence electrons. The Kier molecular flexibility index (Phi) is 4.68. The number of aliphatic hydroxyl groups excluding tert-OH is 3. The van der Waals surface area contributed by atoms with Crippen molar-refractivity contribution in [3.63, 3.8) is 0 Å². The molecule has 0 saturated carbocycles. The SMILES string of the molecule is CCCc1cc(=O)oc2c3c(c4c(c12)OC(C)(C)[C@H](O)[C@@H]4O)O[C@H](C)[C@@H](C)[C@@H]3O. The Morgan fingerprint density at radius 3 is 2.41 bits per heavy atom. The predicted octanol–water partition coefficient (Wildman–Crippen LogP) is 2.76. The molecule has 5 atom stereocenters. The molecule has 1 aromatic heterocycles. The molecule has 3 N–H and O–H groups in total. The second kappa shape index (κ2) is 6.72. The number of ether oxygens (including phenoxy) is 2. The van der Waals surface area contributed by atoms with Gasteiger partial charge in [0, 0.05) is 12.0 Å². The molecule has 2 aliphatic heterocycles. The summed E-state index contributed by atoms with van der Waals surface area (Å²) in [6, 6.07) is 1.42. The van der Waals surface area contributed by atoms with Crippen LogP contribution in [0, 0.1) is 5.92 Å². The number of hydrogen-bond acceptors (Lipinski definition) is 7. The van der Waals surface area contributed by atoms with E-state index in [1.54, 1.807) is 13.8 Å². The van der Waals surface area contributed by atoms with Crippen LogP contribution >= 0.6 is 0 Å². The maximum Gasteiger partial charge on any atom is 0.336 e. The highest BCUT2D eigenvalue weighted by atomic mass is 16.5. The average molecular weight is 404 g/mol. The standard InChI is InChI=1S/C22H28O7/c1-6-7-11-8-12(23)28-18-13(11)20-15(17(25)21(26)22(4,5)29-20)19-14(18)16(24)9(2)10(3)27-19/h8-10,16-17,21,24-26H,6-7H2,1-5H3/t9-,10-,16+,17-,21-/m1/s1. The summed E-state index contributed by atoms with van der Waals surface area (Å²) in [7, 11) is 0. The van der Waals surface area contributed by atoms with E-state index >= 15 is 0 Å². The van der Waals surface area contributed by atoms with Gasteiger partial charge in [0.1, 0.15) is 35.4 Å². The van der Waals surface area contributed by atoms with Crippen LogP contribution < -0.4 is 15.1 Å². The van der Waals surface area contributed by atoms with E-state index in [2.05, 4.69) is 0 Å². The average Bonchev–Trinajstić information content (AvgIpc) is 2.63. The van der Waals surface area contributed by atoms with Crippen molar-refractivity contribution >= 4 is 11.0 Å². The third-order valence-corrected chi connectivity index (χ3v) is 6.28. The molecule has 0 amide bonds. The first kappa shape index (κ1) is 20.2. The molecule has 4 rings (SSSR count). The van der Waals surface area contributed by atoms with Crippen LogP contribution in [0.5, 0.6) is 11.5 Å². The highest BCUT2D eigenvalue weighted by Crippen LogP contribution is 2.55. The van der Waals surface area contributed by atoms with E-state index in [1.165, 1.54) is 6.07 Å². The minimum Gasteiger partial charge on any atom is -0.489 e. The molecule has 0 radical (unpaired) electrons. The third kappa shape index (κ3) is 2.86. The van der Waals surface area contributed by atoms with Gasteiger partial charge in [0.15, 0.2) is 5.58 Å². The van der Waals surface area contributed by atoms with E-state index in [9.17, 15) is 20.1 Å². The van der Waals surface area contributed by atoms with Gasteiger partial charge < -0.3 is 29.2 Å². The van der Waals surface area contributed by atoms with Crippen LogP contribution in [-0.2, 0) is 6.42 Å². The van der Waals surface area contributed by atoms with Gasteiger partial charge in [-0.15, -0.1) is 0 Å². The highest BCUT2D eigenvalue weighted by molar-refractivity contribution is 5.94. The molecule has 2 aromatic rings. The molecular formula is C22H28O7. The summed E-state index contributed by atoms with van der Waals surface area (Å²) in [5.74, 6) is 0.305. The summed E-state index contributed by atoms with van der Waals surface area (Å²) >= 11 is 0. The molecular weight excluding hydrogens is 376 g/mol. The van der Waals surface area contributed by atoms with Crippen LogP contribution in [0.3, 0.4) is 0 Å². The Morgan fingerprint density at radius 1 is 1.07 bits per heavy atom. The first-order valence-corrected chi connectivity index (χ1v) is 10.1. The second-order valence-corrected chi connectivity index (χ2v) is 8.75. The normalized spacial score (nSPS) is 30.3. The zero-order valence-corrected chi connectivity index (χ0v) is 17.4. The quantitative estimate of drug-likeness (QED) is 0.660. The fourth-order valence-corrected chi connectivity index (χ4v) is 4.38. The van der Waals surface area contributed by atoms with Crippen LogP contribution in [0.25, 0.3) is 11.0 Å². The van der Waals surface area contributed by atoms with Gasteiger partial charge in [-0.2, -0.15) is 0 Å². The molecule has 7 heteroatoms. The third-order valence-electron chi connectivity index (χ3n) is 6.28. The zero-order chi connectivity index (χ0) is 21.2. The molecule has 0 fully saturated rings. The number of benzene rings is 1. The van der Waals surface area contributed by atoms with E-state index < -0.39 is 29.5 Å². The first-order valence-electron chi connectivity index (χ1n) is 10.1. The van der Waals surface area contributed by atoms with Crippen molar-refractivity contribution in [3.8, 4) is 11.5 Å². The van der Waals surface area contributed by atoms with Gasteiger partial charge in [-0.1, -0.05) is 20.3 Å². The van der Waals surface area contributed by atoms with E-state index in [0.717, 1.165) is 12.0 Å². The number of aliphatic hydroxyl groups is 3. The maximum atomic E-state index is 12.3. The van der Waals surface area contributed by atoms with E-state index in [1.807, 2.05) is 20.8 Å². The molecule has 2 aliphatic rings. The number of fused-ring (bicyclic) bond motifs is 6. The van der Waals surface area contributed by atoms with Crippen LogP contribution in [0.1, 0.15) is 69.9 Å². The van der Waals surface area contributed by atoms with Crippen molar-refractivity contribution in [1.29, 1.82) is 0 Å². The minimum atomic E-state index is -1.28. The Labute approximate surface area is 168 Å². The largest absolute Gasteiger partial charge is 0.489 e. The van der Waals surface area contributed by atoms with Gasteiger partial charge in [-0.05, 0) is 32.8 Å². The minimum absolute atomic E-state index is 0.223. The van der Waals surface area contributed by atoms with Gasteiger partial charge in [0.25, 0.3) is 0 Å². The van der Waals surface area contributed by atoms with Gasteiger partial charge in [0.05, 0.1) is 22.6 Å². The van der Waals surface area contributed by atoms with Gasteiger partial charge in [-0.3, -0.25) is 0 Å². The van der Waals surface area contributed by atoms with Crippen molar-refractivity contribution in [2.45, 2.75) is 77.5 Å². The Hall–Kier alpha value is -2.09. The van der Waals surface area contributed by atoms with Crippen molar-refractivity contribution in [2.75, 3.05) is 0 Å². The molecule has 0 aliphatic carbocycles. The van der Waals surface area contributed by atoms with Gasteiger partial charge in [-0.25, -0.2) is 4.79 Å². The zero-order valence-electron chi connectivity index (χ0n) is 17.4. The van der Waals surface area contributed by atoms with E-state index in [-0.39, 0.29) is 23.4 Å². The smallest absolute Gasteiger partial charge is 0.336 e. The topological polar surface area (TPSA) is 109 Å². The fraction of sp³-hybridized carbons (Fsp3) is 0.591. The van der Waals surface area contributed by atoms with Crippen LogP contribution in [-0.4, -0.2) is 33.1 Å². The van der Waals surface area contributed by atoms with Crippen LogP contribution in [0.15, 0.2) is 15.3 Å². The summed E-state index contributed by atoms with van der Waals surface area (Å²) in [5.41, 5.74) is -0.0233. The first-order chi connectivity index (χ1) is 13.6. The molecule has 7 nitrogen and oxygen atoms in total. The van der Waals surface area contributed by atoms with Crippen molar-refractivity contribution in [1.82, 2.24) is 0 Å². The summed E-state index contributed by atoms with van der Waals surface area (Å²) in [4.78, 5) is 12.3. The molecule has 0 unspecified atom stereocenters. The van der Waals surface area contributed by atoms with E-state index in [4.69, 9.17) is 13.9 Å². The number of aryl methyl sites for hydroxylation is 1. The lowest BCUT2D eigenvalue weighted by atomic mass is 9.81. The monoisotopic (exact) mass is 404 g/mol. The van der Waals surface area contributed by atoms with E-state index in [0.29, 0.717) is 28.7 Å². The predicted molar refractivity (Wildman–Crippen MR) is 106 cm³/mol.